The minimum atomic E-state index is -0.420. The van der Waals surface area contributed by atoms with Crippen molar-refractivity contribution >= 4 is 29.2 Å². The first-order valence-electron chi connectivity index (χ1n) is 7.04. The van der Waals surface area contributed by atoms with E-state index >= 15 is 0 Å². The van der Waals surface area contributed by atoms with Crippen LogP contribution in [0, 0.1) is 10.1 Å². The first-order valence-corrected chi connectivity index (χ1v) is 7.85. The number of anilines is 1. The third-order valence-corrected chi connectivity index (χ3v) is 3.83. The number of hydrogen-bond acceptors (Lipinski definition) is 4. The lowest BCUT2D eigenvalue weighted by atomic mass is 10.3. The summed E-state index contributed by atoms with van der Waals surface area (Å²) in [5.41, 5.74) is 0.779. The van der Waals surface area contributed by atoms with Crippen molar-refractivity contribution in [1.82, 2.24) is 5.32 Å². The summed E-state index contributed by atoms with van der Waals surface area (Å²) < 4.78 is 0. The number of benzene rings is 2. The van der Waals surface area contributed by atoms with E-state index in [-0.39, 0.29) is 17.8 Å². The molecule has 0 aliphatic rings. The van der Waals surface area contributed by atoms with Crippen LogP contribution in [-0.2, 0) is 0 Å². The average Bonchev–Trinajstić information content (AvgIpc) is 2.49. The molecule has 0 aromatic heterocycles. The number of carbonyl (C=O) groups excluding carboxylic acids is 1. The van der Waals surface area contributed by atoms with Gasteiger partial charge < -0.3 is 10.6 Å². The quantitative estimate of drug-likeness (QED) is 0.633. The fraction of sp³-hybridized carbons (Fsp3) is 0.188. The van der Waals surface area contributed by atoms with E-state index in [1.54, 1.807) is 12.1 Å². The lowest BCUT2D eigenvalue weighted by Gasteiger charge is -2.10. The SMILES string of the molecule is CC(C)NC(=O)Nc1ccc(Sc2ccc([N+](=O)[O-])cc2)cc1. The molecule has 2 N–H and O–H groups in total. The molecule has 2 aromatic rings. The van der Waals surface area contributed by atoms with E-state index in [1.807, 2.05) is 38.1 Å². The summed E-state index contributed by atoms with van der Waals surface area (Å²) >= 11 is 1.50. The van der Waals surface area contributed by atoms with Gasteiger partial charge in [-0.05, 0) is 50.2 Å². The van der Waals surface area contributed by atoms with Gasteiger partial charge in [0.1, 0.15) is 0 Å². The van der Waals surface area contributed by atoms with E-state index in [4.69, 9.17) is 0 Å². The number of amides is 2. The summed E-state index contributed by atoms with van der Waals surface area (Å²) in [6.07, 6.45) is 0. The van der Waals surface area contributed by atoms with Crippen molar-refractivity contribution < 1.29 is 9.72 Å². The minimum Gasteiger partial charge on any atom is -0.336 e. The number of hydrogen-bond donors (Lipinski definition) is 2. The molecule has 0 fully saturated rings. The monoisotopic (exact) mass is 331 g/mol. The van der Waals surface area contributed by atoms with Crippen molar-refractivity contribution in [1.29, 1.82) is 0 Å². The Morgan fingerprint density at radius 1 is 1.04 bits per heavy atom. The number of nitrogens with zero attached hydrogens (tertiary/aromatic N) is 1. The Kier molecular flexibility index (Phi) is 5.59. The fourth-order valence-corrected chi connectivity index (χ4v) is 2.62. The molecule has 2 amide bonds. The van der Waals surface area contributed by atoms with Crippen LogP contribution in [0.4, 0.5) is 16.2 Å². The molecule has 0 saturated carbocycles. The van der Waals surface area contributed by atoms with Crippen LogP contribution in [0.2, 0.25) is 0 Å². The molecule has 7 heteroatoms. The molecule has 6 nitrogen and oxygen atoms in total. The van der Waals surface area contributed by atoms with Gasteiger partial charge in [-0.25, -0.2) is 4.79 Å². The van der Waals surface area contributed by atoms with Crippen LogP contribution in [0.1, 0.15) is 13.8 Å². The lowest BCUT2D eigenvalue weighted by Crippen LogP contribution is -2.34. The highest BCUT2D eigenvalue weighted by Gasteiger charge is 2.06. The van der Waals surface area contributed by atoms with Crippen LogP contribution in [0.25, 0.3) is 0 Å². The summed E-state index contributed by atoms with van der Waals surface area (Å²) in [5.74, 6) is 0. The van der Waals surface area contributed by atoms with Crippen LogP contribution in [0.3, 0.4) is 0 Å². The van der Waals surface area contributed by atoms with Gasteiger partial charge in [0.2, 0.25) is 0 Å². The Labute approximate surface area is 138 Å². The standard InChI is InChI=1S/C16H17N3O3S/c1-11(2)17-16(20)18-12-3-7-14(8-4-12)23-15-9-5-13(6-10-15)19(21)22/h3-11H,1-2H3,(H2,17,18,20). The molecule has 0 radical (unpaired) electrons. The van der Waals surface area contributed by atoms with Gasteiger partial charge in [0.25, 0.3) is 5.69 Å². The molecule has 0 saturated heterocycles. The van der Waals surface area contributed by atoms with Crippen LogP contribution in [-0.4, -0.2) is 17.0 Å². The van der Waals surface area contributed by atoms with Crippen LogP contribution in [0.15, 0.2) is 58.3 Å². The smallest absolute Gasteiger partial charge is 0.319 e. The van der Waals surface area contributed by atoms with E-state index in [0.29, 0.717) is 5.69 Å². The summed E-state index contributed by atoms with van der Waals surface area (Å²) in [5, 5.41) is 16.1. The molecule has 2 aromatic carbocycles. The summed E-state index contributed by atoms with van der Waals surface area (Å²) in [7, 11) is 0. The van der Waals surface area contributed by atoms with Crippen molar-refractivity contribution in [2.45, 2.75) is 29.7 Å². The molecule has 0 spiro atoms. The maximum Gasteiger partial charge on any atom is 0.319 e. The van der Waals surface area contributed by atoms with Crippen LogP contribution < -0.4 is 10.6 Å². The van der Waals surface area contributed by atoms with Crippen molar-refractivity contribution in [3.05, 3.63) is 58.6 Å². The molecule has 0 atom stereocenters. The number of rotatable bonds is 5. The minimum absolute atomic E-state index is 0.0741. The predicted octanol–water partition coefficient (Wildman–Crippen LogP) is 4.28. The van der Waals surface area contributed by atoms with E-state index in [9.17, 15) is 14.9 Å². The molecular weight excluding hydrogens is 314 g/mol. The molecule has 0 bridgehead atoms. The average molecular weight is 331 g/mol. The van der Waals surface area contributed by atoms with Crippen molar-refractivity contribution in [3.63, 3.8) is 0 Å². The molecular formula is C16H17N3O3S. The van der Waals surface area contributed by atoms with Gasteiger partial charge in [0.15, 0.2) is 0 Å². The second kappa shape index (κ2) is 7.64. The third-order valence-electron chi connectivity index (χ3n) is 2.82. The first kappa shape index (κ1) is 16.8. The maximum absolute atomic E-state index is 11.6. The molecule has 2 rings (SSSR count). The summed E-state index contributed by atoms with van der Waals surface area (Å²) in [6, 6.07) is 13.6. The highest BCUT2D eigenvalue weighted by atomic mass is 32.2. The normalized spacial score (nSPS) is 10.4. The van der Waals surface area contributed by atoms with Gasteiger partial charge in [-0.3, -0.25) is 10.1 Å². The Morgan fingerprint density at radius 3 is 2.04 bits per heavy atom. The van der Waals surface area contributed by atoms with E-state index in [2.05, 4.69) is 10.6 Å². The Balaban J connectivity index is 1.97. The van der Waals surface area contributed by atoms with Gasteiger partial charge in [0, 0.05) is 33.7 Å². The number of nitrogens with one attached hydrogen (secondary N) is 2. The van der Waals surface area contributed by atoms with E-state index < -0.39 is 4.92 Å². The maximum atomic E-state index is 11.6. The number of carbonyl (C=O) groups is 1. The number of nitro benzene ring substituents is 1. The predicted molar refractivity (Wildman–Crippen MR) is 91.0 cm³/mol. The number of non-ortho nitro benzene ring substituents is 1. The molecule has 0 heterocycles. The number of urea groups is 1. The van der Waals surface area contributed by atoms with Crippen molar-refractivity contribution in [3.8, 4) is 0 Å². The van der Waals surface area contributed by atoms with Crippen molar-refractivity contribution in [2.75, 3.05) is 5.32 Å². The second-order valence-corrected chi connectivity index (χ2v) is 6.28. The summed E-state index contributed by atoms with van der Waals surface area (Å²) in [4.78, 5) is 23.7. The Bertz CT molecular complexity index is 685. The van der Waals surface area contributed by atoms with E-state index in [1.165, 1.54) is 23.9 Å². The van der Waals surface area contributed by atoms with Gasteiger partial charge in [0.05, 0.1) is 4.92 Å². The Morgan fingerprint density at radius 2 is 1.57 bits per heavy atom. The van der Waals surface area contributed by atoms with Gasteiger partial charge in [-0.1, -0.05) is 11.8 Å². The van der Waals surface area contributed by atoms with Crippen LogP contribution >= 0.6 is 11.8 Å². The molecule has 0 aliphatic carbocycles. The molecule has 23 heavy (non-hydrogen) atoms. The lowest BCUT2D eigenvalue weighted by molar-refractivity contribution is -0.384. The number of nitro groups is 1. The van der Waals surface area contributed by atoms with Crippen LogP contribution in [0.5, 0.6) is 0 Å². The van der Waals surface area contributed by atoms with E-state index in [0.717, 1.165) is 9.79 Å². The third kappa shape index (κ3) is 5.30. The highest BCUT2D eigenvalue weighted by molar-refractivity contribution is 7.99. The molecule has 120 valence electrons. The topological polar surface area (TPSA) is 84.3 Å². The molecule has 0 aliphatic heterocycles. The zero-order valence-corrected chi connectivity index (χ0v) is 13.6. The highest BCUT2D eigenvalue weighted by Crippen LogP contribution is 2.29. The van der Waals surface area contributed by atoms with Gasteiger partial charge in [-0.2, -0.15) is 0 Å². The summed E-state index contributed by atoms with van der Waals surface area (Å²) in [6.45, 7) is 3.78. The van der Waals surface area contributed by atoms with Crippen molar-refractivity contribution in [2.24, 2.45) is 0 Å². The van der Waals surface area contributed by atoms with Gasteiger partial charge in [-0.15, -0.1) is 0 Å². The zero-order valence-electron chi connectivity index (χ0n) is 12.8. The first-order chi connectivity index (χ1) is 10.9. The largest absolute Gasteiger partial charge is 0.336 e. The zero-order chi connectivity index (χ0) is 16.8. The Hall–Kier alpha value is -2.54. The van der Waals surface area contributed by atoms with Gasteiger partial charge >= 0.3 is 6.03 Å². The molecule has 0 unspecified atom stereocenters. The second-order valence-electron chi connectivity index (χ2n) is 5.13. The fourth-order valence-electron chi connectivity index (χ4n) is 1.81.